The van der Waals surface area contributed by atoms with E-state index in [2.05, 4.69) is 20.5 Å². The molecule has 0 aliphatic carbocycles. The molecule has 16 heavy (non-hydrogen) atoms. The van der Waals surface area contributed by atoms with Crippen LogP contribution in [-0.4, -0.2) is 26.3 Å². The summed E-state index contributed by atoms with van der Waals surface area (Å²) in [7, 11) is 1.88. The van der Waals surface area contributed by atoms with Crippen molar-refractivity contribution >= 4 is 5.82 Å². The van der Waals surface area contributed by atoms with E-state index in [1.54, 1.807) is 18.5 Å². The minimum Gasteiger partial charge on any atom is -0.370 e. The average molecular weight is 221 g/mol. The Morgan fingerprint density at radius 1 is 1.44 bits per heavy atom. The van der Waals surface area contributed by atoms with Crippen molar-refractivity contribution in [2.24, 2.45) is 7.05 Å². The summed E-state index contributed by atoms with van der Waals surface area (Å²) in [4.78, 5) is 3.69. The molecule has 2 aromatic heterocycles. The molecule has 2 aromatic rings. The Labute approximate surface area is 92.3 Å². The van der Waals surface area contributed by atoms with Crippen LogP contribution < -0.4 is 5.32 Å². The maximum absolute atomic E-state index is 12.8. The van der Waals surface area contributed by atoms with Crippen LogP contribution >= 0.6 is 0 Å². The number of rotatable bonds is 4. The molecule has 84 valence electrons. The van der Waals surface area contributed by atoms with Gasteiger partial charge in [-0.2, -0.15) is 4.39 Å². The zero-order chi connectivity index (χ0) is 11.4. The van der Waals surface area contributed by atoms with Crippen LogP contribution in [0.25, 0.3) is 0 Å². The quantitative estimate of drug-likeness (QED) is 0.783. The zero-order valence-corrected chi connectivity index (χ0v) is 8.89. The monoisotopic (exact) mass is 221 g/mol. The van der Waals surface area contributed by atoms with Crippen LogP contribution in [0.4, 0.5) is 10.2 Å². The molecule has 0 aliphatic heterocycles. The van der Waals surface area contributed by atoms with Gasteiger partial charge in [0, 0.05) is 20.0 Å². The van der Waals surface area contributed by atoms with Gasteiger partial charge >= 0.3 is 0 Å². The SMILES string of the molecule is Cn1cnnc1CCNc1cccc(F)n1. The molecule has 0 amide bonds. The first-order valence-corrected chi connectivity index (χ1v) is 4.95. The van der Waals surface area contributed by atoms with Crippen LogP contribution in [0.3, 0.4) is 0 Å². The lowest BCUT2D eigenvalue weighted by Crippen LogP contribution is -2.09. The van der Waals surface area contributed by atoms with E-state index in [0.717, 1.165) is 5.82 Å². The molecule has 0 fully saturated rings. The first kappa shape index (κ1) is 10.5. The van der Waals surface area contributed by atoms with Gasteiger partial charge < -0.3 is 9.88 Å². The van der Waals surface area contributed by atoms with Crippen molar-refractivity contribution in [1.29, 1.82) is 0 Å². The normalized spacial score (nSPS) is 10.4. The van der Waals surface area contributed by atoms with Crippen molar-refractivity contribution in [3.8, 4) is 0 Å². The van der Waals surface area contributed by atoms with E-state index in [9.17, 15) is 4.39 Å². The summed E-state index contributed by atoms with van der Waals surface area (Å²) in [5.41, 5.74) is 0. The van der Waals surface area contributed by atoms with Crippen LogP contribution in [0.15, 0.2) is 24.5 Å². The molecular formula is C10H12FN5. The number of pyridine rings is 1. The third-order valence-electron chi connectivity index (χ3n) is 2.17. The number of nitrogens with one attached hydrogen (secondary N) is 1. The molecule has 0 bridgehead atoms. The number of halogens is 1. The highest BCUT2D eigenvalue weighted by molar-refractivity contribution is 5.33. The second kappa shape index (κ2) is 4.69. The standard InChI is InChI=1S/C10H12FN5/c1-16-7-13-15-10(16)5-6-12-9-4-2-3-8(11)14-9/h2-4,7H,5-6H2,1H3,(H,12,14). The van der Waals surface area contributed by atoms with Gasteiger partial charge in [0.25, 0.3) is 0 Å². The molecule has 1 N–H and O–H groups in total. The van der Waals surface area contributed by atoms with Crippen LogP contribution in [0.1, 0.15) is 5.82 Å². The Kier molecular flexibility index (Phi) is 3.09. The largest absolute Gasteiger partial charge is 0.370 e. The van der Waals surface area contributed by atoms with Crippen LogP contribution in [0, 0.1) is 5.95 Å². The van der Waals surface area contributed by atoms with Crippen molar-refractivity contribution in [3.05, 3.63) is 36.3 Å². The lowest BCUT2D eigenvalue weighted by molar-refractivity contribution is 0.585. The third kappa shape index (κ3) is 2.53. The van der Waals surface area contributed by atoms with Crippen molar-refractivity contribution in [2.75, 3.05) is 11.9 Å². The summed E-state index contributed by atoms with van der Waals surface area (Å²) >= 11 is 0. The molecule has 6 heteroatoms. The van der Waals surface area contributed by atoms with Gasteiger partial charge in [-0.3, -0.25) is 0 Å². The Morgan fingerprint density at radius 3 is 3.00 bits per heavy atom. The first-order chi connectivity index (χ1) is 7.75. The molecule has 0 radical (unpaired) electrons. The molecule has 0 spiro atoms. The lowest BCUT2D eigenvalue weighted by atomic mass is 10.4. The maximum Gasteiger partial charge on any atom is 0.214 e. The molecule has 5 nitrogen and oxygen atoms in total. The highest BCUT2D eigenvalue weighted by Gasteiger charge is 2.00. The number of anilines is 1. The summed E-state index contributed by atoms with van der Waals surface area (Å²) in [6.45, 7) is 0.642. The van der Waals surface area contributed by atoms with Crippen molar-refractivity contribution in [3.63, 3.8) is 0 Å². The number of nitrogens with zero attached hydrogens (tertiary/aromatic N) is 4. The summed E-state index contributed by atoms with van der Waals surface area (Å²) in [5, 5.41) is 10.7. The van der Waals surface area contributed by atoms with Crippen molar-refractivity contribution < 1.29 is 4.39 Å². The van der Waals surface area contributed by atoms with Gasteiger partial charge in [0.2, 0.25) is 5.95 Å². The van der Waals surface area contributed by atoms with E-state index in [1.807, 2.05) is 11.6 Å². The number of hydrogen-bond donors (Lipinski definition) is 1. The van der Waals surface area contributed by atoms with Gasteiger partial charge in [-0.15, -0.1) is 10.2 Å². The molecule has 0 aliphatic rings. The summed E-state index contributed by atoms with van der Waals surface area (Å²) in [6, 6.07) is 4.65. The van der Waals surface area contributed by atoms with E-state index in [-0.39, 0.29) is 0 Å². The molecular weight excluding hydrogens is 209 g/mol. The topological polar surface area (TPSA) is 55.6 Å². The molecule has 2 rings (SSSR count). The molecule has 0 saturated heterocycles. The predicted molar refractivity (Wildman–Crippen MR) is 57.4 cm³/mol. The van der Waals surface area contributed by atoms with Crippen LogP contribution in [0.5, 0.6) is 0 Å². The number of aromatic nitrogens is 4. The van der Waals surface area contributed by atoms with Gasteiger partial charge in [-0.25, -0.2) is 4.98 Å². The van der Waals surface area contributed by atoms with E-state index >= 15 is 0 Å². The first-order valence-electron chi connectivity index (χ1n) is 4.95. The number of aryl methyl sites for hydroxylation is 1. The third-order valence-corrected chi connectivity index (χ3v) is 2.17. The highest BCUT2D eigenvalue weighted by Crippen LogP contribution is 2.03. The minimum atomic E-state index is -0.483. The van der Waals surface area contributed by atoms with Crippen LogP contribution in [0.2, 0.25) is 0 Å². The smallest absolute Gasteiger partial charge is 0.214 e. The second-order valence-corrected chi connectivity index (χ2v) is 3.38. The average Bonchev–Trinajstić information content (AvgIpc) is 2.65. The van der Waals surface area contributed by atoms with E-state index in [0.29, 0.717) is 18.8 Å². The minimum absolute atomic E-state index is 0.483. The lowest BCUT2D eigenvalue weighted by Gasteiger charge is -2.04. The Hall–Kier alpha value is -1.98. The van der Waals surface area contributed by atoms with Crippen molar-refractivity contribution in [1.82, 2.24) is 19.7 Å². The zero-order valence-electron chi connectivity index (χ0n) is 8.89. The van der Waals surface area contributed by atoms with Gasteiger partial charge in [0.1, 0.15) is 18.0 Å². The molecule has 0 atom stereocenters. The van der Waals surface area contributed by atoms with E-state index < -0.39 is 5.95 Å². The number of hydrogen-bond acceptors (Lipinski definition) is 4. The maximum atomic E-state index is 12.8. The van der Waals surface area contributed by atoms with E-state index in [1.165, 1.54) is 6.07 Å². The fourth-order valence-electron chi connectivity index (χ4n) is 1.34. The Morgan fingerprint density at radius 2 is 2.31 bits per heavy atom. The fraction of sp³-hybridized carbons (Fsp3) is 0.300. The summed E-state index contributed by atoms with van der Waals surface area (Å²) in [6.07, 6.45) is 2.37. The second-order valence-electron chi connectivity index (χ2n) is 3.38. The highest BCUT2D eigenvalue weighted by atomic mass is 19.1. The Balaban J connectivity index is 1.87. The van der Waals surface area contributed by atoms with Crippen molar-refractivity contribution in [2.45, 2.75) is 6.42 Å². The fourth-order valence-corrected chi connectivity index (χ4v) is 1.34. The van der Waals surface area contributed by atoms with Gasteiger partial charge in [0.15, 0.2) is 0 Å². The summed E-state index contributed by atoms with van der Waals surface area (Å²) in [5.74, 6) is 0.926. The van der Waals surface area contributed by atoms with Gasteiger partial charge in [-0.05, 0) is 12.1 Å². The summed E-state index contributed by atoms with van der Waals surface area (Å²) < 4.78 is 14.6. The van der Waals surface area contributed by atoms with Crippen LogP contribution in [-0.2, 0) is 13.5 Å². The van der Waals surface area contributed by atoms with E-state index in [4.69, 9.17) is 0 Å². The molecule has 0 saturated carbocycles. The molecule has 2 heterocycles. The molecule has 0 aromatic carbocycles. The van der Waals surface area contributed by atoms with Gasteiger partial charge in [0.05, 0.1) is 0 Å². The predicted octanol–water partition coefficient (Wildman–Crippen LogP) is 1.00. The molecule has 0 unspecified atom stereocenters. The Bertz CT molecular complexity index is 468. The van der Waals surface area contributed by atoms with Gasteiger partial charge in [-0.1, -0.05) is 6.07 Å².